The summed E-state index contributed by atoms with van der Waals surface area (Å²) in [4.78, 5) is 5.05. The molecule has 2 N–H and O–H groups in total. The van der Waals surface area contributed by atoms with Crippen molar-refractivity contribution in [3.05, 3.63) is 175 Å². The Kier molecular flexibility index (Phi) is 8.67. The van der Waals surface area contributed by atoms with Gasteiger partial charge in [-0.2, -0.15) is 4.58 Å². The highest BCUT2D eigenvalue weighted by Crippen LogP contribution is 2.47. The summed E-state index contributed by atoms with van der Waals surface area (Å²) in [6, 6.07) is 61.2. The van der Waals surface area contributed by atoms with Crippen molar-refractivity contribution < 1.29 is 0 Å². The van der Waals surface area contributed by atoms with Crippen molar-refractivity contribution in [3.8, 4) is 22.3 Å². The molecule has 4 heteroatoms. The minimum atomic E-state index is 0.312. The number of nitrogens with zero attached hydrogens (tertiary/aromatic N) is 1. The van der Waals surface area contributed by atoms with Crippen LogP contribution in [0.2, 0.25) is 0 Å². The van der Waals surface area contributed by atoms with Crippen LogP contribution in [0.15, 0.2) is 175 Å². The van der Waals surface area contributed by atoms with Crippen molar-refractivity contribution in [3.63, 3.8) is 0 Å². The molecule has 252 valence electrons. The van der Waals surface area contributed by atoms with Gasteiger partial charge in [-0.05, 0) is 59.0 Å². The number of fused-ring (bicyclic) bond motifs is 4. The Bertz CT molecular complexity index is 2550. The molecular weight excluding hydrogens is 651 g/mol. The molecule has 1 aliphatic rings. The highest BCUT2D eigenvalue weighted by molar-refractivity contribution is 8.00. The van der Waals surface area contributed by atoms with Gasteiger partial charge in [-0.15, -0.1) is 11.8 Å². The Labute approximate surface area is 309 Å². The minimum Gasteiger partial charge on any atom is -0.355 e. The first-order valence-corrected chi connectivity index (χ1v) is 19.1. The van der Waals surface area contributed by atoms with E-state index in [1.54, 1.807) is 0 Å². The second-order valence-corrected chi connectivity index (χ2v) is 14.8. The first-order valence-electron chi connectivity index (χ1n) is 18.3. The van der Waals surface area contributed by atoms with Gasteiger partial charge in [-0.25, -0.2) is 0 Å². The highest BCUT2D eigenvalue weighted by atomic mass is 32.2. The Morgan fingerprint density at radius 1 is 0.654 bits per heavy atom. The fraction of sp³-hybridized carbons (Fsp3) is 0.104. The second kappa shape index (κ2) is 14.1. The maximum atomic E-state index is 3.89. The number of nitrogens with one attached hydrogen (secondary N) is 2. The molecular formula is C48H40N3S+. The van der Waals surface area contributed by atoms with Crippen molar-refractivity contribution in [2.24, 2.45) is 0 Å². The molecule has 2 heterocycles. The van der Waals surface area contributed by atoms with Gasteiger partial charge >= 0.3 is 0 Å². The molecule has 0 radical (unpaired) electrons. The molecule has 9 rings (SSSR count). The molecule has 2 unspecified atom stereocenters. The summed E-state index contributed by atoms with van der Waals surface area (Å²) in [5, 5.41) is 6.88. The second-order valence-electron chi connectivity index (χ2n) is 13.5. The Morgan fingerprint density at radius 3 is 2.21 bits per heavy atom. The first kappa shape index (κ1) is 32.1. The van der Waals surface area contributed by atoms with Gasteiger partial charge < -0.3 is 10.3 Å². The lowest BCUT2D eigenvalue weighted by atomic mass is 9.90. The fourth-order valence-corrected chi connectivity index (χ4v) is 9.42. The molecule has 52 heavy (non-hydrogen) atoms. The summed E-state index contributed by atoms with van der Waals surface area (Å²) < 4.78 is 2.40. The zero-order valence-corrected chi connectivity index (χ0v) is 30.0. The average Bonchev–Trinajstić information content (AvgIpc) is 3.75. The van der Waals surface area contributed by atoms with Crippen molar-refractivity contribution in [2.45, 2.75) is 35.8 Å². The molecule has 0 saturated heterocycles. The van der Waals surface area contributed by atoms with Crippen LogP contribution in [0.4, 0.5) is 22.7 Å². The van der Waals surface area contributed by atoms with Crippen molar-refractivity contribution in [1.29, 1.82) is 0 Å². The number of para-hydroxylation sites is 2. The number of hydrogen-bond donors (Lipinski definition) is 2. The summed E-state index contributed by atoms with van der Waals surface area (Å²) >= 11 is 2.03. The van der Waals surface area contributed by atoms with Gasteiger partial charge in [0.1, 0.15) is 0 Å². The Morgan fingerprint density at radius 2 is 1.35 bits per heavy atom. The van der Waals surface area contributed by atoms with Crippen LogP contribution in [0.5, 0.6) is 0 Å². The summed E-state index contributed by atoms with van der Waals surface area (Å²) in [7, 11) is 0. The number of rotatable bonds is 9. The maximum Gasteiger partial charge on any atom is 0.212 e. The van der Waals surface area contributed by atoms with E-state index in [9.17, 15) is 0 Å². The van der Waals surface area contributed by atoms with Gasteiger partial charge in [-0.3, -0.25) is 0 Å². The van der Waals surface area contributed by atoms with Crippen LogP contribution < -0.4 is 9.89 Å². The predicted molar refractivity (Wildman–Crippen MR) is 224 cm³/mol. The van der Waals surface area contributed by atoms with E-state index in [-0.39, 0.29) is 0 Å². The molecule has 7 aromatic carbocycles. The van der Waals surface area contributed by atoms with Crippen LogP contribution in [-0.2, 0) is 0 Å². The quantitative estimate of drug-likeness (QED) is 0.117. The van der Waals surface area contributed by atoms with Gasteiger partial charge in [0.05, 0.1) is 5.92 Å². The van der Waals surface area contributed by atoms with E-state index in [0.29, 0.717) is 11.2 Å². The van der Waals surface area contributed by atoms with E-state index in [2.05, 4.69) is 198 Å². The number of aromatic nitrogens is 1. The minimum absolute atomic E-state index is 0.312. The van der Waals surface area contributed by atoms with Gasteiger partial charge in [0.15, 0.2) is 6.21 Å². The van der Waals surface area contributed by atoms with Crippen LogP contribution in [0.25, 0.3) is 44.1 Å². The monoisotopic (exact) mass is 690 g/mol. The van der Waals surface area contributed by atoms with Crippen LogP contribution in [0.3, 0.4) is 0 Å². The third kappa shape index (κ3) is 5.99. The molecule has 0 amide bonds. The predicted octanol–water partition coefficient (Wildman–Crippen LogP) is 13.4. The van der Waals surface area contributed by atoms with Crippen LogP contribution in [0.1, 0.15) is 31.2 Å². The first-order chi connectivity index (χ1) is 25.7. The van der Waals surface area contributed by atoms with Gasteiger partial charge in [0, 0.05) is 73.2 Å². The number of aromatic amines is 1. The van der Waals surface area contributed by atoms with Gasteiger partial charge in [-0.1, -0.05) is 129 Å². The van der Waals surface area contributed by atoms with Crippen molar-refractivity contribution in [1.82, 2.24) is 9.56 Å². The zero-order valence-electron chi connectivity index (χ0n) is 29.2. The molecule has 8 aromatic rings. The van der Waals surface area contributed by atoms with Gasteiger partial charge in [0.25, 0.3) is 0 Å². The molecule has 0 fully saturated rings. The lowest BCUT2D eigenvalue weighted by Gasteiger charge is -2.18. The molecule has 3 nitrogen and oxygen atoms in total. The smallest absolute Gasteiger partial charge is 0.212 e. The Balaban J connectivity index is 1.17. The van der Waals surface area contributed by atoms with E-state index in [0.717, 1.165) is 33.8 Å². The average molecular weight is 691 g/mol. The lowest BCUT2D eigenvalue weighted by molar-refractivity contribution is 0.713. The topological polar surface area (TPSA) is 30.8 Å². The zero-order chi connectivity index (χ0) is 34.9. The molecule has 0 spiro atoms. The van der Waals surface area contributed by atoms with Crippen molar-refractivity contribution >= 4 is 62.5 Å². The molecule has 0 aliphatic carbocycles. The number of hydrogen-bond acceptors (Lipinski definition) is 2. The number of H-pyrrole nitrogens is 1. The van der Waals surface area contributed by atoms with Crippen LogP contribution in [-0.4, -0.2) is 16.4 Å². The van der Waals surface area contributed by atoms with E-state index in [1.165, 1.54) is 56.3 Å². The number of benzene rings is 7. The highest BCUT2D eigenvalue weighted by Gasteiger charge is 2.35. The largest absolute Gasteiger partial charge is 0.355 e. The third-order valence-electron chi connectivity index (χ3n) is 10.2. The van der Waals surface area contributed by atoms with Gasteiger partial charge in [0.2, 0.25) is 11.4 Å². The summed E-state index contributed by atoms with van der Waals surface area (Å²) in [5.41, 5.74) is 12.9. The fourth-order valence-electron chi connectivity index (χ4n) is 7.88. The lowest BCUT2D eigenvalue weighted by Crippen LogP contribution is -2.18. The molecule has 0 saturated carbocycles. The van der Waals surface area contributed by atoms with Crippen LogP contribution in [0, 0.1) is 0 Å². The SMILES string of the molecule is CCCC1Sc2ccccc2C1C=[N+](c1ccccc1)c1cccc(Nc2cccc(-c3cccc4[nH]c5ccccc5c34)c2-c2ccccc2)c1. The number of thioether (sulfide) groups is 1. The standard InChI is InChI=1S/C48H40N3S/c1-2-16-45-41(37-23-10-12-30-46(37)52-45)32-51(35-20-7-4-8-21-35)36-22-13-19-34(31-36)49-43-28-14-25-38(47(43)33-17-5-3-6-18-33)39-26-15-29-44-48(39)40-24-9-11-27-42(40)50-44/h3-15,17-32,41,45,49-50H,2,16H2,1H3/q+1. The molecule has 1 aromatic heterocycles. The van der Waals surface area contributed by atoms with Crippen LogP contribution >= 0.6 is 11.8 Å². The molecule has 1 aliphatic heterocycles. The summed E-state index contributed by atoms with van der Waals surface area (Å²) in [6.07, 6.45) is 4.81. The molecule has 2 atom stereocenters. The van der Waals surface area contributed by atoms with E-state index >= 15 is 0 Å². The maximum absolute atomic E-state index is 3.89. The third-order valence-corrected chi connectivity index (χ3v) is 11.7. The van der Waals surface area contributed by atoms with Crippen molar-refractivity contribution in [2.75, 3.05) is 5.32 Å². The summed E-state index contributed by atoms with van der Waals surface area (Å²) in [5.74, 6) is 0.312. The van der Waals surface area contributed by atoms with E-state index < -0.39 is 0 Å². The normalized spacial score (nSPS) is 15.6. The summed E-state index contributed by atoms with van der Waals surface area (Å²) in [6.45, 7) is 2.30. The van der Waals surface area contributed by atoms with E-state index in [1.807, 2.05) is 11.8 Å². The van der Waals surface area contributed by atoms with E-state index in [4.69, 9.17) is 0 Å². The Hall–Kier alpha value is -5.84. The molecule has 0 bridgehead atoms. The number of anilines is 2.